The van der Waals surface area contributed by atoms with Crippen LogP contribution in [0.25, 0.3) is 0 Å². The highest BCUT2D eigenvalue weighted by Gasteiger charge is 2.12. The van der Waals surface area contributed by atoms with Gasteiger partial charge in [0.2, 0.25) is 9.84 Å². The van der Waals surface area contributed by atoms with Gasteiger partial charge in [-0.25, -0.2) is 8.42 Å². The predicted molar refractivity (Wildman–Crippen MR) is 64.6 cm³/mol. The Kier molecular flexibility index (Phi) is 3.83. The Morgan fingerprint density at radius 2 is 1.81 bits per heavy atom. The standard InChI is InChI=1S/C10H13ClN2O2S/c1-13(2)10(12)7-16(14,15)9-5-3-8(11)4-6-9/h3-7H,12H2,1-2H3/b10-7+. The first kappa shape index (κ1) is 12.9. The van der Waals surface area contributed by atoms with Crippen LogP contribution >= 0.6 is 11.6 Å². The van der Waals surface area contributed by atoms with E-state index in [-0.39, 0.29) is 10.7 Å². The summed E-state index contributed by atoms with van der Waals surface area (Å²) in [5, 5.41) is 1.51. The van der Waals surface area contributed by atoms with Crippen molar-refractivity contribution in [3.05, 3.63) is 40.5 Å². The first-order valence-electron chi connectivity index (χ1n) is 4.48. The van der Waals surface area contributed by atoms with Crippen LogP contribution in [0.4, 0.5) is 0 Å². The zero-order chi connectivity index (χ0) is 12.3. The van der Waals surface area contributed by atoms with Crippen molar-refractivity contribution in [3.63, 3.8) is 0 Å². The van der Waals surface area contributed by atoms with E-state index in [0.29, 0.717) is 5.02 Å². The molecule has 2 N–H and O–H groups in total. The molecule has 0 aliphatic rings. The number of hydrogen-bond donors (Lipinski definition) is 1. The van der Waals surface area contributed by atoms with E-state index in [0.717, 1.165) is 5.41 Å². The van der Waals surface area contributed by atoms with Crippen molar-refractivity contribution in [1.29, 1.82) is 0 Å². The molecule has 88 valence electrons. The van der Waals surface area contributed by atoms with Crippen molar-refractivity contribution < 1.29 is 8.42 Å². The number of sulfone groups is 1. The van der Waals surface area contributed by atoms with Gasteiger partial charge < -0.3 is 10.6 Å². The van der Waals surface area contributed by atoms with Gasteiger partial charge in [-0.05, 0) is 24.3 Å². The highest BCUT2D eigenvalue weighted by molar-refractivity contribution is 7.94. The molecule has 0 saturated heterocycles. The lowest BCUT2D eigenvalue weighted by Gasteiger charge is -2.11. The van der Waals surface area contributed by atoms with Crippen LogP contribution in [0, 0.1) is 0 Å². The molecule has 0 unspecified atom stereocenters. The highest BCUT2D eigenvalue weighted by atomic mass is 35.5. The van der Waals surface area contributed by atoms with E-state index in [1.54, 1.807) is 14.1 Å². The average Bonchev–Trinajstić information content (AvgIpc) is 2.17. The van der Waals surface area contributed by atoms with E-state index in [9.17, 15) is 8.42 Å². The lowest BCUT2D eigenvalue weighted by Crippen LogP contribution is -2.19. The number of hydrogen-bond acceptors (Lipinski definition) is 4. The summed E-state index contributed by atoms with van der Waals surface area (Å²) in [6.45, 7) is 0. The molecule has 0 aromatic heterocycles. The topological polar surface area (TPSA) is 63.4 Å². The SMILES string of the molecule is CN(C)/C(N)=C/S(=O)(=O)c1ccc(Cl)cc1. The maximum atomic E-state index is 11.8. The van der Waals surface area contributed by atoms with Gasteiger partial charge in [0.25, 0.3) is 0 Å². The van der Waals surface area contributed by atoms with Crippen LogP contribution in [-0.4, -0.2) is 27.4 Å². The zero-order valence-electron chi connectivity index (χ0n) is 9.01. The lowest BCUT2D eigenvalue weighted by atomic mass is 10.4. The second kappa shape index (κ2) is 4.76. The first-order chi connectivity index (χ1) is 7.33. The van der Waals surface area contributed by atoms with Gasteiger partial charge in [0, 0.05) is 19.1 Å². The number of halogens is 1. The smallest absolute Gasteiger partial charge is 0.203 e. The molecule has 6 heteroatoms. The summed E-state index contributed by atoms with van der Waals surface area (Å²) < 4.78 is 23.7. The Hall–Kier alpha value is -1.20. The molecule has 0 saturated carbocycles. The molecule has 0 fully saturated rings. The Morgan fingerprint density at radius 1 is 1.31 bits per heavy atom. The van der Waals surface area contributed by atoms with E-state index >= 15 is 0 Å². The van der Waals surface area contributed by atoms with E-state index in [4.69, 9.17) is 17.3 Å². The van der Waals surface area contributed by atoms with Crippen molar-refractivity contribution in [3.8, 4) is 0 Å². The minimum atomic E-state index is -3.51. The second-order valence-corrected chi connectivity index (χ2v) is 5.67. The fourth-order valence-corrected chi connectivity index (χ4v) is 2.26. The minimum absolute atomic E-state index is 0.168. The van der Waals surface area contributed by atoms with Gasteiger partial charge in [-0.1, -0.05) is 11.6 Å². The summed E-state index contributed by atoms with van der Waals surface area (Å²) >= 11 is 5.67. The van der Waals surface area contributed by atoms with Crippen molar-refractivity contribution >= 4 is 21.4 Å². The Bertz CT molecular complexity index is 492. The van der Waals surface area contributed by atoms with Gasteiger partial charge >= 0.3 is 0 Å². The van der Waals surface area contributed by atoms with Gasteiger partial charge in [-0.3, -0.25) is 0 Å². The molecule has 1 aromatic rings. The predicted octanol–water partition coefficient (Wildman–Crippen LogP) is 1.43. The minimum Gasteiger partial charge on any atom is -0.385 e. The molecule has 1 aromatic carbocycles. The normalized spacial score (nSPS) is 12.6. The van der Waals surface area contributed by atoms with Crippen molar-refractivity contribution in [2.24, 2.45) is 5.73 Å². The maximum absolute atomic E-state index is 11.8. The molecule has 16 heavy (non-hydrogen) atoms. The largest absolute Gasteiger partial charge is 0.385 e. The van der Waals surface area contributed by atoms with E-state index in [1.807, 2.05) is 0 Å². The number of nitrogens with zero attached hydrogens (tertiary/aromatic N) is 1. The third-order valence-electron chi connectivity index (χ3n) is 1.93. The summed E-state index contributed by atoms with van der Waals surface area (Å²) in [4.78, 5) is 1.69. The van der Waals surface area contributed by atoms with Gasteiger partial charge in [0.15, 0.2) is 0 Å². The maximum Gasteiger partial charge on any atom is 0.203 e. The van der Waals surface area contributed by atoms with Crippen LogP contribution in [0.5, 0.6) is 0 Å². The number of rotatable bonds is 3. The monoisotopic (exact) mass is 260 g/mol. The summed E-state index contributed by atoms with van der Waals surface area (Å²) in [5.41, 5.74) is 5.55. The molecule has 0 aliphatic carbocycles. The van der Waals surface area contributed by atoms with Crippen LogP contribution in [0.1, 0.15) is 0 Å². The number of nitrogens with two attached hydrogens (primary N) is 1. The second-order valence-electron chi connectivity index (χ2n) is 3.44. The summed E-state index contributed by atoms with van der Waals surface area (Å²) in [5.74, 6) is 0.176. The average molecular weight is 261 g/mol. The molecule has 1 rings (SSSR count). The molecule has 0 atom stereocenters. The summed E-state index contributed by atoms with van der Waals surface area (Å²) in [7, 11) is -0.169. The molecular formula is C10H13ClN2O2S. The van der Waals surface area contributed by atoms with Crippen molar-refractivity contribution in [2.75, 3.05) is 14.1 Å². The van der Waals surface area contributed by atoms with Gasteiger partial charge in [-0.2, -0.15) is 0 Å². The van der Waals surface area contributed by atoms with Crippen molar-refractivity contribution in [2.45, 2.75) is 4.90 Å². The molecule has 0 radical (unpaired) electrons. The molecule has 0 heterocycles. The van der Waals surface area contributed by atoms with Gasteiger partial charge in [-0.15, -0.1) is 0 Å². The Balaban J connectivity index is 3.13. The molecule has 0 bridgehead atoms. The molecular weight excluding hydrogens is 248 g/mol. The lowest BCUT2D eigenvalue weighted by molar-refractivity contribution is 0.506. The molecule has 0 aliphatic heterocycles. The van der Waals surface area contributed by atoms with E-state index in [1.165, 1.54) is 29.2 Å². The van der Waals surface area contributed by atoms with Crippen molar-refractivity contribution in [1.82, 2.24) is 4.90 Å². The third kappa shape index (κ3) is 3.15. The van der Waals surface area contributed by atoms with Gasteiger partial charge in [0.1, 0.15) is 5.82 Å². The third-order valence-corrected chi connectivity index (χ3v) is 3.67. The van der Waals surface area contributed by atoms with Crippen LogP contribution in [-0.2, 0) is 9.84 Å². The van der Waals surface area contributed by atoms with Crippen LogP contribution in [0.3, 0.4) is 0 Å². The van der Waals surface area contributed by atoms with Gasteiger partial charge in [0.05, 0.1) is 10.3 Å². The first-order valence-corrected chi connectivity index (χ1v) is 6.40. The molecule has 4 nitrogen and oxygen atoms in total. The highest BCUT2D eigenvalue weighted by Crippen LogP contribution is 2.16. The van der Waals surface area contributed by atoms with Crippen LogP contribution in [0.15, 0.2) is 40.4 Å². The Labute approximate surface area is 100 Å². The zero-order valence-corrected chi connectivity index (χ0v) is 10.6. The molecule has 0 amide bonds. The quantitative estimate of drug-likeness (QED) is 0.893. The fraction of sp³-hybridized carbons (Fsp3) is 0.200. The summed E-state index contributed by atoms with van der Waals surface area (Å²) in [6.07, 6.45) is 0. The summed E-state index contributed by atoms with van der Waals surface area (Å²) in [6, 6.07) is 5.93. The number of benzene rings is 1. The van der Waals surface area contributed by atoms with E-state index in [2.05, 4.69) is 0 Å². The van der Waals surface area contributed by atoms with E-state index < -0.39 is 9.84 Å². The Morgan fingerprint density at radius 3 is 2.25 bits per heavy atom. The molecule has 0 spiro atoms. The van der Waals surface area contributed by atoms with Crippen LogP contribution < -0.4 is 5.73 Å². The fourth-order valence-electron chi connectivity index (χ4n) is 0.957. The van der Waals surface area contributed by atoms with Crippen LogP contribution in [0.2, 0.25) is 5.02 Å².